The Labute approximate surface area is 93.2 Å². The molecule has 0 saturated carbocycles. The Morgan fingerprint density at radius 1 is 1.36 bits per heavy atom. The van der Waals surface area contributed by atoms with Crippen LogP contribution in [0.4, 0.5) is 0 Å². The van der Waals surface area contributed by atoms with Crippen LogP contribution in [0.5, 0.6) is 0 Å². The summed E-state index contributed by atoms with van der Waals surface area (Å²) in [6.07, 6.45) is 0. The van der Waals surface area contributed by atoms with Crippen molar-refractivity contribution in [3.8, 4) is 0 Å². The third-order valence-corrected chi connectivity index (χ3v) is 2.50. The number of esters is 1. The Hall–Kier alpha value is -0.752. The minimum atomic E-state index is -0.230. The van der Waals surface area contributed by atoms with Gasteiger partial charge in [0, 0.05) is 0 Å². The number of carbonyl (C=O) groups is 1. The van der Waals surface area contributed by atoms with Gasteiger partial charge in [-0.2, -0.15) is 0 Å². The zero-order valence-corrected chi connectivity index (χ0v) is 10.9. The molecule has 3 heteroatoms. The van der Waals surface area contributed by atoms with E-state index in [9.17, 15) is 4.79 Å². The number of carbonyl (C=O) groups excluding carboxylic acids is 1. The van der Waals surface area contributed by atoms with Crippen LogP contribution in [-0.2, 0) is 4.74 Å². The van der Waals surface area contributed by atoms with E-state index in [-0.39, 0.29) is 5.97 Å². The summed E-state index contributed by atoms with van der Waals surface area (Å²) in [5.41, 5.74) is 0.632. The van der Waals surface area contributed by atoms with Gasteiger partial charge >= 0.3 is 92.9 Å². The Morgan fingerprint density at radius 2 is 1.93 bits per heavy atom. The van der Waals surface area contributed by atoms with Crippen LogP contribution in [0.3, 0.4) is 0 Å². The van der Waals surface area contributed by atoms with Gasteiger partial charge in [0.25, 0.3) is 0 Å². The summed E-state index contributed by atoms with van der Waals surface area (Å²) in [5.74, 6) is 0.152. The van der Waals surface area contributed by atoms with Crippen LogP contribution in [0, 0.1) is 5.92 Å². The van der Waals surface area contributed by atoms with E-state index in [1.807, 2.05) is 26.0 Å². The topological polar surface area (TPSA) is 26.3 Å². The van der Waals surface area contributed by atoms with Gasteiger partial charge in [-0.05, 0) is 0 Å². The van der Waals surface area contributed by atoms with E-state index in [1.54, 1.807) is 29.0 Å². The van der Waals surface area contributed by atoms with E-state index >= 15 is 0 Å². The van der Waals surface area contributed by atoms with E-state index in [0.717, 1.165) is 0 Å². The van der Waals surface area contributed by atoms with Crippen LogP contribution < -0.4 is 4.35 Å². The first-order valence-corrected chi connectivity index (χ1v) is 5.83. The standard InChI is InChI=1S/C11H15AsO2/c1-8(2)7-14-11(13)9-3-5-10(12)6-4-9/h3-6,8H,7,12H2,1-2H3. The van der Waals surface area contributed by atoms with Crippen molar-refractivity contribution in [3.05, 3.63) is 29.8 Å². The molecule has 1 atom stereocenters. The molecule has 0 radical (unpaired) electrons. The van der Waals surface area contributed by atoms with Gasteiger partial charge < -0.3 is 0 Å². The molecule has 1 aromatic rings. The van der Waals surface area contributed by atoms with Crippen LogP contribution in [0.15, 0.2) is 24.3 Å². The fraction of sp³-hybridized carbons (Fsp3) is 0.364. The van der Waals surface area contributed by atoms with E-state index in [1.165, 1.54) is 4.35 Å². The fourth-order valence-corrected chi connectivity index (χ4v) is 1.35. The molecular weight excluding hydrogens is 239 g/mol. The van der Waals surface area contributed by atoms with Gasteiger partial charge in [0.2, 0.25) is 0 Å². The Kier molecular flexibility index (Phi) is 4.21. The van der Waals surface area contributed by atoms with Gasteiger partial charge in [0.15, 0.2) is 0 Å². The zero-order chi connectivity index (χ0) is 10.6. The van der Waals surface area contributed by atoms with Crippen LogP contribution in [-0.4, -0.2) is 29.4 Å². The predicted molar refractivity (Wildman–Crippen MR) is 59.7 cm³/mol. The predicted octanol–water partition coefficient (Wildman–Crippen LogP) is 0.758. The summed E-state index contributed by atoms with van der Waals surface area (Å²) < 4.78 is 6.30. The first kappa shape index (κ1) is 11.3. The molecular formula is C11H15AsO2. The Balaban J connectivity index is 2.57. The van der Waals surface area contributed by atoms with Crippen LogP contribution in [0.2, 0.25) is 0 Å². The Morgan fingerprint density at radius 3 is 2.43 bits per heavy atom. The van der Waals surface area contributed by atoms with E-state index < -0.39 is 0 Å². The maximum atomic E-state index is 11.4. The first-order valence-electron chi connectivity index (χ1n) is 4.62. The molecule has 0 bridgehead atoms. The SMILES string of the molecule is CC(C)COC(=O)c1ccc([AsH2])cc1. The maximum absolute atomic E-state index is 11.4. The van der Waals surface area contributed by atoms with Crippen molar-refractivity contribution in [1.82, 2.24) is 0 Å². The second kappa shape index (κ2) is 5.21. The van der Waals surface area contributed by atoms with Gasteiger partial charge in [-0.25, -0.2) is 0 Å². The zero-order valence-electron chi connectivity index (χ0n) is 8.49. The summed E-state index contributed by atoms with van der Waals surface area (Å²) in [7, 11) is 0. The second-order valence-corrected chi connectivity index (χ2v) is 5.01. The van der Waals surface area contributed by atoms with Crippen molar-refractivity contribution in [2.24, 2.45) is 5.92 Å². The molecule has 0 N–H and O–H groups in total. The monoisotopic (exact) mass is 254 g/mol. The second-order valence-electron chi connectivity index (χ2n) is 3.61. The van der Waals surface area contributed by atoms with Gasteiger partial charge in [0.05, 0.1) is 0 Å². The molecule has 1 aromatic carbocycles. The molecule has 0 aliphatic heterocycles. The van der Waals surface area contributed by atoms with Crippen LogP contribution in [0.25, 0.3) is 0 Å². The molecule has 2 nitrogen and oxygen atoms in total. The van der Waals surface area contributed by atoms with Gasteiger partial charge in [-0.15, -0.1) is 0 Å². The van der Waals surface area contributed by atoms with Gasteiger partial charge in [-0.3, -0.25) is 0 Å². The van der Waals surface area contributed by atoms with Crippen molar-refractivity contribution in [1.29, 1.82) is 0 Å². The molecule has 0 aliphatic carbocycles. The molecule has 0 saturated heterocycles. The molecule has 1 rings (SSSR count). The number of rotatable bonds is 3. The summed E-state index contributed by atoms with van der Waals surface area (Å²) in [6, 6.07) is 7.48. The van der Waals surface area contributed by atoms with E-state index in [2.05, 4.69) is 0 Å². The van der Waals surface area contributed by atoms with Crippen molar-refractivity contribution >= 4 is 27.2 Å². The van der Waals surface area contributed by atoms with E-state index in [0.29, 0.717) is 18.1 Å². The molecule has 0 fully saturated rings. The third-order valence-electron chi connectivity index (χ3n) is 1.69. The average Bonchev–Trinajstić information content (AvgIpc) is 2.15. The summed E-state index contributed by atoms with van der Waals surface area (Å²) >= 11 is 1.55. The summed E-state index contributed by atoms with van der Waals surface area (Å²) in [5, 5.41) is 0. The van der Waals surface area contributed by atoms with Gasteiger partial charge in [-0.1, -0.05) is 0 Å². The van der Waals surface area contributed by atoms with Crippen LogP contribution >= 0.6 is 0 Å². The summed E-state index contributed by atoms with van der Waals surface area (Å²) in [6.45, 7) is 4.52. The van der Waals surface area contributed by atoms with Crippen molar-refractivity contribution in [2.45, 2.75) is 13.8 Å². The molecule has 0 aliphatic rings. The normalized spacial score (nSPS) is 10.3. The fourth-order valence-electron chi connectivity index (χ4n) is 0.945. The molecule has 0 heterocycles. The summed E-state index contributed by atoms with van der Waals surface area (Å²) in [4.78, 5) is 11.4. The minimum absolute atomic E-state index is 0.230. The first-order chi connectivity index (χ1) is 6.59. The van der Waals surface area contributed by atoms with Crippen molar-refractivity contribution < 1.29 is 9.53 Å². The van der Waals surface area contributed by atoms with E-state index in [4.69, 9.17) is 4.74 Å². The van der Waals surface area contributed by atoms with Gasteiger partial charge in [0.1, 0.15) is 0 Å². The van der Waals surface area contributed by atoms with Crippen molar-refractivity contribution in [2.75, 3.05) is 6.61 Å². The average molecular weight is 254 g/mol. The quantitative estimate of drug-likeness (QED) is 0.588. The number of ether oxygens (including phenoxy) is 1. The number of hydrogen-bond donors (Lipinski definition) is 0. The molecule has 1 unspecified atom stereocenters. The third kappa shape index (κ3) is 3.55. The van der Waals surface area contributed by atoms with Crippen molar-refractivity contribution in [3.63, 3.8) is 0 Å². The van der Waals surface area contributed by atoms with Crippen LogP contribution in [0.1, 0.15) is 24.2 Å². The molecule has 76 valence electrons. The Bertz CT molecular complexity index is 304. The molecule has 0 spiro atoms. The molecule has 0 aromatic heterocycles. The molecule has 14 heavy (non-hydrogen) atoms. The number of hydrogen-bond acceptors (Lipinski definition) is 2. The molecule has 0 amide bonds. The number of benzene rings is 1.